The summed E-state index contributed by atoms with van der Waals surface area (Å²) in [7, 11) is 1.19. The third-order valence-electron chi connectivity index (χ3n) is 2.75. The van der Waals surface area contributed by atoms with Crippen molar-refractivity contribution in [1.82, 2.24) is 0 Å². The molecule has 0 saturated carbocycles. The average Bonchev–Trinajstić information content (AvgIpc) is 2.55. The number of ether oxygens (including phenoxy) is 3. The Morgan fingerprint density at radius 3 is 2.00 bits per heavy atom. The topological polar surface area (TPSA) is 44.8 Å². The van der Waals surface area contributed by atoms with Crippen LogP contribution in [-0.2, 0) is 9.53 Å². The fraction of sp³-hybridized carbons (Fsp3) is 0.188. The van der Waals surface area contributed by atoms with Gasteiger partial charge in [-0.25, -0.2) is 4.79 Å². The van der Waals surface area contributed by atoms with E-state index in [1.165, 1.54) is 7.11 Å². The number of para-hydroxylation sites is 2. The fourth-order valence-corrected chi connectivity index (χ4v) is 2.12. The number of halogens is 2. The molecule has 0 fully saturated rings. The molecule has 0 N–H and O–H groups in total. The van der Waals surface area contributed by atoms with E-state index in [1.807, 2.05) is 6.07 Å². The molecule has 0 aliphatic heterocycles. The van der Waals surface area contributed by atoms with Gasteiger partial charge in [-0.2, -0.15) is 0 Å². The fourth-order valence-electron chi connectivity index (χ4n) is 1.67. The quantitative estimate of drug-likeness (QED) is 0.592. The first-order valence-electron chi connectivity index (χ1n) is 6.43. The van der Waals surface area contributed by atoms with Gasteiger partial charge >= 0.3 is 11.0 Å². The van der Waals surface area contributed by atoms with Gasteiger partial charge < -0.3 is 14.2 Å². The summed E-state index contributed by atoms with van der Waals surface area (Å²) in [6.07, 6.45) is 0. The molecule has 2 aromatic rings. The minimum Gasteiger partial charge on any atom is -0.468 e. The van der Waals surface area contributed by atoms with Crippen LogP contribution in [0.2, 0.25) is 0 Å². The standard InChI is InChI=1S/C16H14Cl2O4/c1-20-15(19)16(18,22-13-10-6-3-7-11-13)14(17)21-12-8-4-2-5-9-12/h2-11,14H,1H3. The maximum atomic E-state index is 12.0. The number of rotatable bonds is 6. The van der Waals surface area contributed by atoms with Crippen LogP contribution in [0.5, 0.6) is 11.5 Å². The molecule has 0 radical (unpaired) electrons. The number of alkyl halides is 2. The van der Waals surface area contributed by atoms with Crippen molar-refractivity contribution in [1.29, 1.82) is 0 Å². The van der Waals surface area contributed by atoms with Crippen molar-refractivity contribution in [2.24, 2.45) is 0 Å². The van der Waals surface area contributed by atoms with Gasteiger partial charge in [0.25, 0.3) is 0 Å². The van der Waals surface area contributed by atoms with E-state index >= 15 is 0 Å². The van der Waals surface area contributed by atoms with Crippen LogP contribution in [0.3, 0.4) is 0 Å². The molecule has 2 atom stereocenters. The van der Waals surface area contributed by atoms with Crippen LogP contribution in [0, 0.1) is 0 Å². The summed E-state index contributed by atoms with van der Waals surface area (Å²) in [6.45, 7) is 0. The van der Waals surface area contributed by atoms with Crippen LogP contribution >= 0.6 is 23.2 Å². The van der Waals surface area contributed by atoms with E-state index in [2.05, 4.69) is 4.74 Å². The van der Waals surface area contributed by atoms with E-state index in [0.29, 0.717) is 11.5 Å². The Morgan fingerprint density at radius 2 is 1.50 bits per heavy atom. The molecule has 0 bridgehead atoms. The summed E-state index contributed by atoms with van der Waals surface area (Å²) in [5.74, 6) is -0.0350. The smallest absolute Gasteiger partial charge is 0.372 e. The molecule has 6 heteroatoms. The second-order valence-corrected chi connectivity index (χ2v) is 5.26. The van der Waals surface area contributed by atoms with E-state index < -0.39 is 16.6 Å². The molecule has 2 aromatic carbocycles. The predicted octanol–water partition coefficient (Wildman–Crippen LogP) is 3.82. The van der Waals surface area contributed by atoms with Crippen molar-refractivity contribution in [3.05, 3.63) is 60.7 Å². The first kappa shape index (κ1) is 16.5. The lowest BCUT2D eigenvalue weighted by atomic mass is 10.3. The SMILES string of the molecule is COC(=O)C(Cl)(Oc1ccccc1)C(Cl)Oc1ccccc1. The highest BCUT2D eigenvalue weighted by atomic mass is 35.5. The highest BCUT2D eigenvalue weighted by Gasteiger charge is 2.49. The summed E-state index contributed by atoms with van der Waals surface area (Å²) < 4.78 is 15.7. The van der Waals surface area contributed by atoms with Crippen LogP contribution in [0.1, 0.15) is 0 Å². The van der Waals surface area contributed by atoms with Gasteiger partial charge in [0, 0.05) is 0 Å². The second kappa shape index (κ2) is 7.38. The van der Waals surface area contributed by atoms with E-state index in [4.69, 9.17) is 32.7 Å². The van der Waals surface area contributed by atoms with Gasteiger partial charge in [0.2, 0.25) is 5.56 Å². The van der Waals surface area contributed by atoms with Gasteiger partial charge in [0.15, 0.2) is 0 Å². The molecule has 116 valence electrons. The molecular formula is C16H14Cl2O4. The van der Waals surface area contributed by atoms with Gasteiger partial charge in [-0.3, -0.25) is 0 Å². The third kappa shape index (κ3) is 3.84. The summed E-state index contributed by atoms with van der Waals surface area (Å²) >= 11 is 12.4. The van der Waals surface area contributed by atoms with Gasteiger partial charge in [0.1, 0.15) is 11.5 Å². The van der Waals surface area contributed by atoms with Crippen LogP contribution in [0.25, 0.3) is 0 Å². The lowest BCUT2D eigenvalue weighted by Crippen LogP contribution is -2.50. The Balaban J connectivity index is 2.22. The minimum atomic E-state index is -2.02. The zero-order valence-corrected chi connectivity index (χ0v) is 13.3. The molecule has 22 heavy (non-hydrogen) atoms. The number of hydrogen-bond donors (Lipinski definition) is 0. The van der Waals surface area contributed by atoms with E-state index in [1.54, 1.807) is 54.6 Å². The van der Waals surface area contributed by atoms with E-state index in [-0.39, 0.29) is 0 Å². The average molecular weight is 341 g/mol. The number of carbonyl (C=O) groups is 1. The first-order chi connectivity index (χ1) is 10.6. The Labute approximate surface area is 138 Å². The highest BCUT2D eigenvalue weighted by Crippen LogP contribution is 2.32. The summed E-state index contributed by atoms with van der Waals surface area (Å²) in [5.41, 5.74) is -1.30. The van der Waals surface area contributed by atoms with Crippen molar-refractivity contribution in [3.8, 4) is 11.5 Å². The molecule has 0 amide bonds. The summed E-state index contributed by atoms with van der Waals surface area (Å²) in [5, 5.41) is -2.02. The van der Waals surface area contributed by atoms with Crippen molar-refractivity contribution in [2.75, 3.05) is 7.11 Å². The molecule has 0 aliphatic rings. The molecular weight excluding hydrogens is 327 g/mol. The molecule has 4 nitrogen and oxygen atoms in total. The zero-order valence-electron chi connectivity index (χ0n) is 11.7. The van der Waals surface area contributed by atoms with Gasteiger partial charge in [-0.05, 0) is 24.3 Å². The molecule has 2 unspecified atom stereocenters. The zero-order chi connectivity index (χ0) is 16.0. The van der Waals surface area contributed by atoms with E-state index in [0.717, 1.165) is 0 Å². The number of carbonyl (C=O) groups excluding carboxylic acids is 1. The van der Waals surface area contributed by atoms with Gasteiger partial charge in [0.05, 0.1) is 7.11 Å². The van der Waals surface area contributed by atoms with Crippen LogP contribution in [-0.4, -0.2) is 23.7 Å². The lowest BCUT2D eigenvalue weighted by Gasteiger charge is -2.29. The van der Waals surface area contributed by atoms with Crippen molar-refractivity contribution >= 4 is 29.2 Å². The highest BCUT2D eigenvalue weighted by molar-refractivity contribution is 6.39. The predicted molar refractivity (Wildman–Crippen MR) is 84.4 cm³/mol. The molecule has 0 heterocycles. The largest absolute Gasteiger partial charge is 0.468 e. The maximum Gasteiger partial charge on any atom is 0.372 e. The molecule has 0 aromatic heterocycles. The molecule has 0 saturated heterocycles. The van der Waals surface area contributed by atoms with Crippen molar-refractivity contribution in [3.63, 3.8) is 0 Å². The van der Waals surface area contributed by atoms with Crippen molar-refractivity contribution in [2.45, 2.75) is 10.6 Å². The van der Waals surface area contributed by atoms with Gasteiger partial charge in [-0.15, -0.1) is 0 Å². The number of esters is 1. The van der Waals surface area contributed by atoms with Gasteiger partial charge in [-0.1, -0.05) is 59.6 Å². The van der Waals surface area contributed by atoms with Crippen molar-refractivity contribution < 1.29 is 19.0 Å². The lowest BCUT2D eigenvalue weighted by molar-refractivity contribution is -0.155. The normalized spacial score (nSPS) is 14.5. The molecule has 2 rings (SSSR count). The first-order valence-corrected chi connectivity index (χ1v) is 7.25. The number of hydrogen-bond acceptors (Lipinski definition) is 4. The Kier molecular flexibility index (Phi) is 5.52. The van der Waals surface area contributed by atoms with Crippen LogP contribution in [0.15, 0.2) is 60.7 Å². The molecule has 0 spiro atoms. The molecule has 0 aliphatic carbocycles. The number of benzene rings is 2. The Bertz CT molecular complexity index is 606. The number of methoxy groups -OCH3 is 1. The minimum absolute atomic E-state index is 0.366. The maximum absolute atomic E-state index is 12.0. The summed E-state index contributed by atoms with van der Waals surface area (Å²) in [4.78, 5) is 12.0. The van der Waals surface area contributed by atoms with E-state index in [9.17, 15) is 4.79 Å². The Morgan fingerprint density at radius 1 is 1.00 bits per heavy atom. The second-order valence-electron chi connectivity index (χ2n) is 4.30. The third-order valence-corrected chi connectivity index (χ3v) is 3.69. The van der Waals surface area contributed by atoms with Crippen LogP contribution in [0.4, 0.5) is 0 Å². The monoisotopic (exact) mass is 340 g/mol. The van der Waals surface area contributed by atoms with Crippen LogP contribution < -0.4 is 9.47 Å². The summed E-state index contributed by atoms with van der Waals surface area (Å²) in [6, 6.07) is 17.3. The Hall–Kier alpha value is -1.91.